The molecule has 0 radical (unpaired) electrons. The van der Waals surface area contributed by atoms with Crippen LogP contribution in [0.1, 0.15) is 29.6 Å². The molecular formula is C17H22N2O5S. The predicted molar refractivity (Wildman–Crippen MR) is 90.0 cm³/mol. The third-order valence-corrected chi connectivity index (χ3v) is 6.82. The van der Waals surface area contributed by atoms with Crippen LogP contribution < -0.4 is 4.72 Å². The van der Waals surface area contributed by atoms with Crippen LogP contribution in [0.25, 0.3) is 0 Å². The van der Waals surface area contributed by atoms with Crippen molar-refractivity contribution in [3.05, 3.63) is 29.8 Å². The molecule has 1 aliphatic carbocycles. The summed E-state index contributed by atoms with van der Waals surface area (Å²) in [5.74, 6) is -0.464. The SMILES string of the molecule is O=C(O)c1cccc(S(=O)(=O)N[C@H]2C[C@H]3CO[C@@H](C4CC4)CN3C2)c1. The Morgan fingerprint density at radius 3 is 2.80 bits per heavy atom. The number of carboxylic acid groups (broad SMARTS) is 1. The molecule has 0 spiro atoms. The van der Waals surface area contributed by atoms with Crippen molar-refractivity contribution in [2.24, 2.45) is 5.92 Å². The van der Waals surface area contributed by atoms with Crippen LogP contribution in [0.4, 0.5) is 0 Å². The zero-order valence-electron chi connectivity index (χ0n) is 13.8. The van der Waals surface area contributed by atoms with E-state index in [-0.39, 0.29) is 22.5 Å². The molecule has 25 heavy (non-hydrogen) atoms. The number of nitrogens with zero attached hydrogens (tertiary/aromatic N) is 1. The Morgan fingerprint density at radius 1 is 1.28 bits per heavy atom. The van der Waals surface area contributed by atoms with Gasteiger partial charge in [0, 0.05) is 25.2 Å². The number of ether oxygens (including phenoxy) is 1. The average Bonchev–Trinajstić information content (AvgIpc) is 3.35. The van der Waals surface area contributed by atoms with Crippen molar-refractivity contribution in [1.29, 1.82) is 0 Å². The highest BCUT2D eigenvalue weighted by Gasteiger charge is 2.43. The average molecular weight is 366 g/mol. The van der Waals surface area contributed by atoms with Crippen molar-refractivity contribution in [3.8, 4) is 0 Å². The van der Waals surface area contributed by atoms with Crippen molar-refractivity contribution >= 4 is 16.0 Å². The molecular weight excluding hydrogens is 344 g/mol. The highest BCUT2D eigenvalue weighted by Crippen LogP contribution is 2.38. The van der Waals surface area contributed by atoms with E-state index < -0.39 is 16.0 Å². The van der Waals surface area contributed by atoms with E-state index in [1.165, 1.54) is 37.1 Å². The molecule has 0 aromatic heterocycles. The topological polar surface area (TPSA) is 95.9 Å². The Bertz CT molecular complexity index is 777. The molecule has 8 heteroatoms. The molecule has 3 fully saturated rings. The lowest BCUT2D eigenvalue weighted by Crippen LogP contribution is -2.47. The first kappa shape index (κ1) is 17.0. The molecule has 0 unspecified atom stereocenters. The van der Waals surface area contributed by atoms with Gasteiger partial charge in [0.2, 0.25) is 10.0 Å². The molecule has 2 heterocycles. The van der Waals surface area contributed by atoms with Crippen LogP contribution in [-0.4, -0.2) is 62.3 Å². The van der Waals surface area contributed by atoms with Gasteiger partial charge in [-0.3, -0.25) is 4.90 Å². The second kappa shape index (κ2) is 6.35. The summed E-state index contributed by atoms with van der Waals surface area (Å²) < 4.78 is 33.9. The zero-order chi connectivity index (χ0) is 17.6. The monoisotopic (exact) mass is 366 g/mol. The molecule has 3 atom stereocenters. The van der Waals surface area contributed by atoms with Crippen LogP contribution in [0.2, 0.25) is 0 Å². The molecule has 2 N–H and O–H groups in total. The van der Waals surface area contributed by atoms with Gasteiger partial charge in [0.1, 0.15) is 0 Å². The fourth-order valence-corrected chi connectivity index (χ4v) is 5.11. The van der Waals surface area contributed by atoms with Crippen LogP contribution in [0.3, 0.4) is 0 Å². The summed E-state index contributed by atoms with van der Waals surface area (Å²) in [7, 11) is -3.74. The number of morpholine rings is 1. The van der Waals surface area contributed by atoms with Crippen molar-refractivity contribution in [3.63, 3.8) is 0 Å². The minimum atomic E-state index is -3.74. The third kappa shape index (κ3) is 3.57. The number of hydrogen-bond donors (Lipinski definition) is 2. The number of rotatable bonds is 5. The van der Waals surface area contributed by atoms with Crippen molar-refractivity contribution in [2.75, 3.05) is 19.7 Å². The number of fused-ring (bicyclic) bond motifs is 1. The number of aromatic carboxylic acids is 1. The Kier molecular flexibility index (Phi) is 4.31. The van der Waals surface area contributed by atoms with Gasteiger partial charge in [0.15, 0.2) is 0 Å². The first-order valence-corrected chi connectivity index (χ1v) is 10.1. The summed E-state index contributed by atoms with van der Waals surface area (Å²) >= 11 is 0. The van der Waals surface area contributed by atoms with Crippen LogP contribution in [0, 0.1) is 5.92 Å². The van der Waals surface area contributed by atoms with Gasteiger partial charge in [-0.25, -0.2) is 17.9 Å². The van der Waals surface area contributed by atoms with Gasteiger partial charge < -0.3 is 9.84 Å². The molecule has 0 amide bonds. The van der Waals surface area contributed by atoms with Crippen LogP contribution in [-0.2, 0) is 14.8 Å². The fourth-order valence-electron chi connectivity index (χ4n) is 3.82. The Labute approximate surface area is 147 Å². The first-order chi connectivity index (χ1) is 11.9. The second-order valence-electron chi connectivity index (χ2n) is 7.20. The highest BCUT2D eigenvalue weighted by molar-refractivity contribution is 7.89. The maximum Gasteiger partial charge on any atom is 0.335 e. The third-order valence-electron chi connectivity index (χ3n) is 5.31. The number of carbonyl (C=O) groups is 1. The van der Waals surface area contributed by atoms with Gasteiger partial charge in [-0.1, -0.05) is 6.07 Å². The van der Waals surface area contributed by atoms with Crippen molar-refractivity contribution in [2.45, 2.75) is 42.3 Å². The lowest BCUT2D eigenvalue weighted by atomic mass is 10.1. The molecule has 3 aliphatic rings. The lowest BCUT2D eigenvalue weighted by molar-refractivity contribution is -0.0581. The fraction of sp³-hybridized carbons (Fsp3) is 0.588. The number of sulfonamides is 1. The van der Waals surface area contributed by atoms with Gasteiger partial charge in [-0.05, 0) is 43.4 Å². The first-order valence-electron chi connectivity index (χ1n) is 8.64. The molecule has 1 aromatic carbocycles. The van der Waals surface area contributed by atoms with Gasteiger partial charge in [-0.15, -0.1) is 0 Å². The molecule has 1 saturated carbocycles. The maximum absolute atomic E-state index is 12.6. The minimum absolute atomic E-state index is 0.00983. The molecule has 2 aliphatic heterocycles. The van der Waals surface area contributed by atoms with Crippen LogP contribution in [0.5, 0.6) is 0 Å². The van der Waals surface area contributed by atoms with E-state index in [0.717, 1.165) is 13.0 Å². The van der Waals surface area contributed by atoms with E-state index >= 15 is 0 Å². The summed E-state index contributed by atoms with van der Waals surface area (Å²) in [6, 6.07) is 5.53. The summed E-state index contributed by atoms with van der Waals surface area (Å²) in [6.45, 7) is 2.21. The van der Waals surface area contributed by atoms with Gasteiger partial charge >= 0.3 is 5.97 Å². The number of benzene rings is 1. The summed E-state index contributed by atoms with van der Waals surface area (Å²) in [4.78, 5) is 13.4. The number of carboxylic acids is 1. The zero-order valence-corrected chi connectivity index (χ0v) is 14.6. The van der Waals surface area contributed by atoms with E-state index in [2.05, 4.69) is 9.62 Å². The summed E-state index contributed by atoms with van der Waals surface area (Å²) in [5.41, 5.74) is -0.0348. The Hall–Kier alpha value is -1.48. The largest absolute Gasteiger partial charge is 0.478 e. The Balaban J connectivity index is 1.43. The van der Waals surface area contributed by atoms with Crippen LogP contribution >= 0.6 is 0 Å². The van der Waals surface area contributed by atoms with Gasteiger partial charge in [-0.2, -0.15) is 0 Å². The molecule has 0 bridgehead atoms. The van der Waals surface area contributed by atoms with E-state index in [1.807, 2.05) is 0 Å². The molecule has 4 rings (SSSR count). The quantitative estimate of drug-likeness (QED) is 0.804. The summed E-state index contributed by atoms with van der Waals surface area (Å²) in [5, 5.41) is 9.04. The van der Waals surface area contributed by atoms with E-state index in [1.54, 1.807) is 0 Å². The van der Waals surface area contributed by atoms with Gasteiger partial charge in [0.25, 0.3) is 0 Å². The molecule has 7 nitrogen and oxygen atoms in total. The van der Waals surface area contributed by atoms with Crippen molar-refractivity contribution in [1.82, 2.24) is 9.62 Å². The summed E-state index contributed by atoms with van der Waals surface area (Å²) in [6.07, 6.45) is 3.48. The minimum Gasteiger partial charge on any atom is -0.478 e. The molecule has 2 saturated heterocycles. The number of hydrogen-bond acceptors (Lipinski definition) is 5. The maximum atomic E-state index is 12.6. The molecule has 1 aromatic rings. The lowest BCUT2D eigenvalue weighted by Gasteiger charge is -2.35. The Morgan fingerprint density at radius 2 is 2.08 bits per heavy atom. The van der Waals surface area contributed by atoms with Crippen molar-refractivity contribution < 1.29 is 23.1 Å². The van der Waals surface area contributed by atoms with E-state index in [0.29, 0.717) is 25.2 Å². The predicted octanol–water partition coefficient (Wildman–Crippen LogP) is 0.915. The smallest absolute Gasteiger partial charge is 0.335 e. The van der Waals surface area contributed by atoms with Crippen LogP contribution in [0.15, 0.2) is 29.2 Å². The molecule has 136 valence electrons. The van der Waals surface area contributed by atoms with Gasteiger partial charge in [0.05, 0.1) is 23.2 Å². The number of nitrogens with one attached hydrogen (secondary N) is 1. The normalized spacial score (nSPS) is 30.2. The highest BCUT2D eigenvalue weighted by atomic mass is 32.2. The second-order valence-corrected chi connectivity index (χ2v) is 8.92. The standard InChI is InChI=1S/C17H22N2O5S/c20-17(21)12-2-1-3-15(6-12)25(22,23)18-13-7-14-10-24-16(11-4-5-11)9-19(14)8-13/h1-3,6,11,13-14,16,18H,4-5,7-10H2,(H,20,21)/t13-,14-,16+/m0/s1. The van der Waals surface area contributed by atoms with E-state index in [4.69, 9.17) is 9.84 Å². The van der Waals surface area contributed by atoms with E-state index in [9.17, 15) is 13.2 Å².